The number of hydrogen-bond donors (Lipinski definition) is 1. The van der Waals surface area contributed by atoms with Gasteiger partial charge in [-0.2, -0.15) is 0 Å². The molecule has 1 aromatic rings. The monoisotopic (exact) mass is 269 g/mol. The summed E-state index contributed by atoms with van der Waals surface area (Å²) in [4.78, 5) is 2.73. The third-order valence-corrected chi connectivity index (χ3v) is 3.71. The highest BCUT2D eigenvalue weighted by molar-refractivity contribution is 7.11. The van der Waals surface area contributed by atoms with Crippen molar-refractivity contribution < 1.29 is 4.74 Å². The van der Waals surface area contributed by atoms with Crippen molar-refractivity contribution in [3.8, 4) is 0 Å². The van der Waals surface area contributed by atoms with Crippen molar-refractivity contribution in [1.82, 2.24) is 5.32 Å². The maximum Gasteiger partial charge on any atom is 0.0809 e. The lowest BCUT2D eigenvalue weighted by Gasteiger charge is -2.06. The minimum Gasteiger partial charge on any atom is -0.376 e. The molecule has 0 radical (unpaired) electrons. The van der Waals surface area contributed by atoms with Gasteiger partial charge in [-0.15, -0.1) is 11.3 Å². The highest BCUT2D eigenvalue weighted by atomic mass is 32.1. The third-order valence-electron chi connectivity index (χ3n) is 2.65. The van der Waals surface area contributed by atoms with Crippen molar-refractivity contribution in [3.63, 3.8) is 0 Å². The molecule has 1 N–H and O–H groups in total. The van der Waals surface area contributed by atoms with Crippen molar-refractivity contribution in [2.45, 2.75) is 47.3 Å². The lowest BCUT2D eigenvalue weighted by atomic mass is 10.1. The molecular weight excluding hydrogens is 242 g/mol. The molecule has 0 spiro atoms. The first-order chi connectivity index (χ1) is 8.58. The van der Waals surface area contributed by atoms with E-state index in [2.05, 4.69) is 45.1 Å². The van der Waals surface area contributed by atoms with E-state index < -0.39 is 0 Å². The summed E-state index contributed by atoms with van der Waals surface area (Å²) in [7, 11) is 0. The molecule has 1 aromatic heterocycles. The first-order valence-corrected chi connectivity index (χ1v) is 7.75. The predicted molar refractivity (Wildman–Crippen MR) is 80.0 cm³/mol. The molecule has 1 rings (SSSR count). The van der Waals surface area contributed by atoms with Gasteiger partial charge in [0, 0.05) is 22.9 Å². The summed E-state index contributed by atoms with van der Waals surface area (Å²) in [5, 5.41) is 3.47. The summed E-state index contributed by atoms with van der Waals surface area (Å²) in [6.45, 7) is 12.6. The summed E-state index contributed by atoms with van der Waals surface area (Å²) < 4.78 is 5.68. The summed E-state index contributed by atoms with van der Waals surface area (Å²) in [5.74, 6) is 1.44. The van der Waals surface area contributed by atoms with Crippen LogP contribution in [0.5, 0.6) is 0 Å². The van der Waals surface area contributed by atoms with E-state index in [9.17, 15) is 0 Å². The Labute approximate surface area is 116 Å². The summed E-state index contributed by atoms with van der Waals surface area (Å²) in [6.07, 6.45) is 1.15. The van der Waals surface area contributed by atoms with Gasteiger partial charge < -0.3 is 10.1 Å². The average molecular weight is 269 g/mol. The highest BCUT2D eigenvalue weighted by Gasteiger charge is 2.01. The SMILES string of the molecule is CC(C)CCOCc1ccc(CNCC(C)C)s1. The zero-order chi connectivity index (χ0) is 13.4. The smallest absolute Gasteiger partial charge is 0.0809 e. The molecule has 0 saturated heterocycles. The molecule has 0 amide bonds. The van der Waals surface area contributed by atoms with Crippen LogP contribution in [0, 0.1) is 11.8 Å². The van der Waals surface area contributed by atoms with Crippen molar-refractivity contribution in [2.75, 3.05) is 13.2 Å². The van der Waals surface area contributed by atoms with E-state index in [1.807, 2.05) is 11.3 Å². The molecule has 0 aromatic carbocycles. The van der Waals surface area contributed by atoms with Gasteiger partial charge in [0.05, 0.1) is 6.61 Å². The van der Waals surface area contributed by atoms with Crippen LogP contribution in [0.4, 0.5) is 0 Å². The summed E-state index contributed by atoms with van der Waals surface area (Å²) in [6, 6.07) is 4.39. The van der Waals surface area contributed by atoms with Gasteiger partial charge in [-0.1, -0.05) is 27.7 Å². The van der Waals surface area contributed by atoms with Crippen molar-refractivity contribution >= 4 is 11.3 Å². The molecular formula is C15H27NOS. The molecule has 0 fully saturated rings. The topological polar surface area (TPSA) is 21.3 Å². The second-order valence-corrected chi connectivity index (χ2v) is 6.88. The Hall–Kier alpha value is -0.380. The van der Waals surface area contributed by atoms with E-state index in [4.69, 9.17) is 4.74 Å². The first-order valence-electron chi connectivity index (χ1n) is 6.94. The molecule has 0 aliphatic heterocycles. The minimum atomic E-state index is 0.712. The van der Waals surface area contributed by atoms with Crippen LogP contribution in [-0.2, 0) is 17.9 Å². The Morgan fingerprint density at radius 1 is 1.11 bits per heavy atom. The maximum atomic E-state index is 5.68. The molecule has 0 aliphatic rings. The number of rotatable bonds is 9. The Morgan fingerprint density at radius 3 is 2.50 bits per heavy atom. The van der Waals surface area contributed by atoms with Crippen LogP contribution in [-0.4, -0.2) is 13.2 Å². The van der Waals surface area contributed by atoms with Gasteiger partial charge in [-0.05, 0) is 36.9 Å². The standard InChI is InChI=1S/C15H27NOS/c1-12(2)7-8-17-11-15-6-5-14(18-15)10-16-9-13(3)4/h5-6,12-13,16H,7-11H2,1-4H3. The molecule has 0 saturated carbocycles. The van der Waals surface area contributed by atoms with Gasteiger partial charge in [0.15, 0.2) is 0 Å². The van der Waals surface area contributed by atoms with Crippen molar-refractivity contribution in [1.29, 1.82) is 0 Å². The van der Waals surface area contributed by atoms with E-state index in [1.165, 1.54) is 9.75 Å². The fraction of sp³-hybridized carbons (Fsp3) is 0.733. The first kappa shape index (κ1) is 15.7. The van der Waals surface area contributed by atoms with Crippen molar-refractivity contribution in [3.05, 3.63) is 21.9 Å². The zero-order valence-electron chi connectivity index (χ0n) is 12.2. The van der Waals surface area contributed by atoms with Gasteiger partial charge >= 0.3 is 0 Å². The highest BCUT2D eigenvalue weighted by Crippen LogP contribution is 2.17. The summed E-state index contributed by atoms with van der Waals surface area (Å²) >= 11 is 1.86. The molecule has 3 heteroatoms. The Balaban J connectivity index is 2.17. The number of hydrogen-bond acceptors (Lipinski definition) is 3. The molecule has 18 heavy (non-hydrogen) atoms. The van der Waals surface area contributed by atoms with Crippen LogP contribution in [0.25, 0.3) is 0 Å². The quantitative estimate of drug-likeness (QED) is 0.683. The van der Waals surface area contributed by atoms with Crippen LogP contribution >= 0.6 is 11.3 Å². The molecule has 0 bridgehead atoms. The van der Waals surface area contributed by atoms with Crippen molar-refractivity contribution in [2.24, 2.45) is 11.8 Å². The normalized spacial score (nSPS) is 11.7. The maximum absolute atomic E-state index is 5.68. The van der Waals surface area contributed by atoms with E-state index in [0.717, 1.165) is 38.6 Å². The lowest BCUT2D eigenvalue weighted by Crippen LogP contribution is -2.18. The number of ether oxygens (including phenoxy) is 1. The van der Waals surface area contributed by atoms with Gasteiger partial charge in [0.25, 0.3) is 0 Å². The van der Waals surface area contributed by atoms with Gasteiger partial charge in [-0.25, -0.2) is 0 Å². The predicted octanol–water partition coefficient (Wildman–Crippen LogP) is 4.06. The van der Waals surface area contributed by atoms with Crippen LogP contribution in [0.1, 0.15) is 43.9 Å². The molecule has 1 heterocycles. The minimum absolute atomic E-state index is 0.712. The van der Waals surface area contributed by atoms with Crippen LogP contribution in [0.3, 0.4) is 0 Å². The Morgan fingerprint density at radius 2 is 1.83 bits per heavy atom. The summed E-state index contributed by atoms with van der Waals surface area (Å²) in [5.41, 5.74) is 0. The largest absolute Gasteiger partial charge is 0.376 e. The molecule has 104 valence electrons. The average Bonchev–Trinajstić information content (AvgIpc) is 2.72. The van der Waals surface area contributed by atoms with E-state index in [0.29, 0.717) is 5.92 Å². The number of nitrogens with one attached hydrogen (secondary N) is 1. The van der Waals surface area contributed by atoms with Gasteiger partial charge in [0.2, 0.25) is 0 Å². The van der Waals surface area contributed by atoms with Crippen LogP contribution < -0.4 is 5.32 Å². The Kier molecular flexibility index (Phi) is 7.56. The second kappa shape index (κ2) is 8.68. The van der Waals surface area contributed by atoms with E-state index in [-0.39, 0.29) is 0 Å². The number of thiophene rings is 1. The molecule has 2 nitrogen and oxygen atoms in total. The van der Waals surface area contributed by atoms with Gasteiger partial charge in [0.1, 0.15) is 0 Å². The van der Waals surface area contributed by atoms with E-state index in [1.54, 1.807) is 0 Å². The fourth-order valence-corrected chi connectivity index (χ4v) is 2.50. The lowest BCUT2D eigenvalue weighted by molar-refractivity contribution is 0.112. The molecule has 0 unspecified atom stereocenters. The molecule has 0 aliphatic carbocycles. The van der Waals surface area contributed by atoms with Crippen LogP contribution in [0.2, 0.25) is 0 Å². The van der Waals surface area contributed by atoms with E-state index >= 15 is 0 Å². The second-order valence-electron chi connectivity index (χ2n) is 5.63. The molecule has 0 atom stereocenters. The third kappa shape index (κ3) is 7.14. The van der Waals surface area contributed by atoms with Crippen LogP contribution in [0.15, 0.2) is 12.1 Å². The fourth-order valence-electron chi connectivity index (χ4n) is 1.57. The Bertz CT molecular complexity index is 320. The zero-order valence-corrected chi connectivity index (χ0v) is 13.0. The van der Waals surface area contributed by atoms with Gasteiger partial charge in [-0.3, -0.25) is 0 Å².